The van der Waals surface area contributed by atoms with Gasteiger partial charge in [0.1, 0.15) is 6.04 Å². The van der Waals surface area contributed by atoms with E-state index < -0.39 is 6.04 Å². The van der Waals surface area contributed by atoms with Crippen molar-refractivity contribution in [3.8, 4) is 0 Å². The second kappa shape index (κ2) is 13.8. The zero-order valence-corrected chi connectivity index (χ0v) is 23.0. The van der Waals surface area contributed by atoms with Crippen LogP contribution in [0.25, 0.3) is 0 Å². The van der Waals surface area contributed by atoms with E-state index in [-0.39, 0.29) is 17.9 Å². The van der Waals surface area contributed by atoms with Gasteiger partial charge in [0.2, 0.25) is 11.8 Å². The van der Waals surface area contributed by atoms with Crippen LogP contribution in [0.2, 0.25) is 0 Å². The van der Waals surface area contributed by atoms with Crippen molar-refractivity contribution < 1.29 is 9.59 Å². The smallest absolute Gasteiger partial charge is 0.243 e. The SMILES string of the molecule is CC[C@@H](C)NC(=O)[C@H](Cc1ccccc1)N(Cc1cccc(C)c1)C(=O)CCc1ccc(C(C)C)cc1. The van der Waals surface area contributed by atoms with Crippen molar-refractivity contribution in [2.24, 2.45) is 0 Å². The third kappa shape index (κ3) is 8.59. The molecule has 0 aliphatic rings. The van der Waals surface area contributed by atoms with Crippen LogP contribution in [0, 0.1) is 6.92 Å². The molecule has 0 aromatic heterocycles. The van der Waals surface area contributed by atoms with Crippen LogP contribution in [0.5, 0.6) is 0 Å². The summed E-state index contributed by atoms with van der Waals surface area (Å²) in [5, 5.41) is 3.14. The molecule has 2 amide bonds. The Hall–Kier alpha value is -3.40. The summed E-state index contributed by atoms with van der Waals surface area (Å²) < 4.78 is 0. The summed E-state index contributed by atoms with van der Waals surface area (Å²) in [6.45, 7) is 10.9. The van der Waals surface area contributed by atoms with Crippen LogP contribution in [0.4, 0.5) is 0 Å². The summed E-state index contributed by atoms with van der Waals surface area (Å²) >= 11 is 0. The predicted octanol–water partition coefficient (Wildman–Crippen LogP) is 6.61. The van der Waals surface area contributed by atoms with Crippen LogP contribution < -0.4 is 5.32 Å². The highest BCUT2D eigenvalue weighted by Gasteiger charge is 2.30. The number of carbonyl (C=O) groups is 2. The van der Waals surface area contributed by atoms with E-state index >= 15 is 0 Å². The molecule has 4 nitrogen and oxygen atoms in total. The third-order valence-corrected chi connectivity index (χ3v) is 6.98. The van der Waals surface area contributed by atoms with E-state index in [1.807, 2.05) is 62.4 Å². The Labute approximate surface area is 223 Å². The molecular formula is C33H42N2O2. The highest BCUT2D eigenvalue weighted by molar-refractivity contribution is 5.88. The molecule has 1 N–H and O–H groups in total. The van der Waals surface area contributed by atoms with Crippen molar-refractivity contribution >= 4 is 11.8 Å². The maximum absolute atomic E-state index is 13.8. The first-order valence-corrected chi connectivity index (χ1v) is 13.5. The van der Waals surface area contributed by atoms with Crippen LogP contribution in [-0.2, 0) is 29.0 Å². The Balaban J connectivity index is 1.89. The second-order valence-corrected chi connectivity index (χ2v) is 10.4. The standard InChI is InChI=1S/C33H42N2O2/c1-6-26(5)34-33(37)31(22-28-12-8-7-9-13-28)35(23-29-14-10-11-25(4)21-29)32(36)20-17-27-15-18-30(19-16-27)24(2)3/h7-16,18-19,21,24,26,31H,6,17,20,22-23H2,1-5H3,(H,34,37)/t26-,31+/m1/s1. The molecule has 3 rings (SSSR count). The monoisotopic (exact) mass is 498 g/mol. The van der Waals surface area contributed by atoms with Gasteiger partial charge >= 0.3 is 0 Å². The van der Waals surface area contributed by atoms with E-state index in [1.54, 1.807) is 4.90 Å². The maximum Gasteiger partial charge on any atom is 0.243 e. The number of carbonyl (C=O) groups excluding carboxylic acids is 2. The van der Waals surface area contributed by atoms with Crippen LogP contribution in [0.15, 0.2) is 78.9 Å². The normalized spacial score (nSPS) is 12.7. The van der Waals surface area contributed by atoms with E-state index in [2.05, 4.69) is 56.4 Å². The molecule has 2 atom stereocenters. The van der Waals surface area contributed by atoms with Crippen molar-refractivity contribution in [3.05, 3.63) is 107 Å². The zero-order chi connectivity index (χ0) is 26.8. The van der Waals surface area contributed by atoms with Gasteiger partial charge in [0.15, 0.2) is 0 Å². The first-order chi connectivity index (χ1) is 17.8. The molecule has 0 heterocycles. The lowest BCUT2D eigenvalue weighted by atomic mass is 9.99. The minimum atomic E-state index is -0.590. The fourth-order valence-corrected chi connectivity index (χ4v) is 4.47. The minimum Gasteiger partial charge on any atom is -0.352 e. The van der Waals surface area contributed by atoms with E-state index in [0.717, 1.165) is 28.7 Å². The lowest BCUT2D eigenvalue weighted by Crippen LogP contribution is -2.52. The molecule has 0 radical (unpaired) electrons. The summed E-state index contributed by atoms with van der Waals surface area (Å²) in [4.78, 5) is 29.2. The summed E-state index contributed by atoms with van der Waals surface area (Å²) in [6, 6.07) is 26.1. The number of hydrogen-bond acceptors (Lipinski definition) is 2. The number of rotatable bonds is 12. The Morgan fingerprint density at radius 2 is 1.51 bits per heavy atom. The van der Waals surface area contributed by atoms with Crippen molar-refractivity contribution in [1.82, 2.24) is 10.2 Å². The highest BCUT2D eigenvalue weighted by Crippen LogP contribution is 2.19. The quantitative estimate of drug-likeness (QED) is 0.306. The molecule has 0 saturated heterocycles. The van der Waals surface area contributed by atoms with Gasteiger partial charge in [0.05, 0.1) is 0 Å². The molecule has 3 aromatic rings. The molecule has 0 aliphatic carbocycles. The number of hydrogen-bond donors (Lipinski definition) is 1. The van der Waals surface area contributed by atoms with E-state index in [9.17, 15) is 9.59 Å². The van der Waals surface area contributed by atoms with Gasteiger partial charge in [-0.05, 0) is 54.9 Å². The van der Waals surface area contributed by atoms with Gasteiger partial charge in [-0.2, -0.15) is 0 Å². The molecule has 0 spiro atoms. The Bertz CT molecular complexity index is 1140. The van der Waals surface area contributed by atoms with Gasteiger partial charge in [0, 0.05) is 25.4 Å². The third-order valence-electron chi connectivity index (χ3n) is 6.98. The van der Waals surface area contributed by atoms with E-state index in [4.69, 9.17) is 0 Å². The van der Waals surface area contributed by atoms with Crippen molar-refractivity contribution in [2.45, 2.75) is 84.8 Å². The number of benzene rings is 3. The average molecular weight is 499 g/mol. The largest absolute Gasteiger partial charge is 0.352 e. The van der Waals surface area contributed by atoms with Crippen molar-refractivity contribution in [3.63, 3.8) is 0 Å². The average Bonchev–Trinajstić information content (AvgIpc) is 2.90. The molecule has 37 heavy (non-hydrogen) atoms. The fourth-order valence-electron chi connectivity index (χ4n) is 4.47. The molecule has 0 saturated carbocycles. The lowest BCUT2D eigenvalue weighted by Gasteiger charge is -2.32. The molecule has 0 unspecified atom stereocenters. The Kier molecular flexibility index (Phi) is 10.5. The number of nitrogens with one attached hydrogen (secondary N) is 1. The number of amides is 2. The molecular weight excluding hydrogens is 456 g/mol. The van der Waals surface area contributed by atoms with Crippen LogP contribution in [0.1, 0.15) is 74.3 Å². The fraction of sp³-hybridized carbons (Fsp3) is 0.394. The molecule has 196 valence electrons. The summed E-state index contributed by atoms with van der Waals surface area (Å²) in [5.74, 6) is 0.374. The lowest BCUT2D eigenvalue weighted by molar-refractivity contribution is -0.141. The topological polar surface area (TPSA) is 49.4 Å². The Morgan fingerprint density at radius 3 is 2.14 bits per heavy atom. The van der Waals surface area contributed by atoms with Gasteiger partial charge in [-0.25, -0.2) is 0 Å². The van der Waals surface area contributed by atoms with Crippen LogP contribution in [0.3, 0.4) is 0 Å². The molecule has 0 aliphatic heterocycles. The first kappa shape index (κ1) is 28.2. The summed E-state index contributed by atoms with van der Waals surface area (Å²) in [7, 11) is 0. The number of nitrogens with zero attached hydrogens (tertiary/aromatic N) is 1. The van der Waals surface area contributed by atoms with Crippen molar-refractivity contribution in [1.29, 1.82) is 0 Å². The maximum atomic E-state index is 13.8. The number of aryl methyl sites for hydroxylation is 2. The molecule has 0 fully saturated rings. The van der Waals surface area contributed by atoms with Crippen LogP contribution in [-0.4, -0.2) is 28.8 Å². The Morgan fingerprint density at radius 1 is 0.838 bits per heavy atom. The van der Waals surface area contributed by atoms with Gasteiger partial charge in [-0.3, -0.25) is 9.59 Å². The predicted molar refractivity (Wildman–Crippen MR) is 152 cm³/mol. The zero-order valence-electron chi connectivity index (χ0n) is 23.0. The highest BCUT2D eigenvalue weighted by atomic mass is 16.2. The second-order valence-electron chi connectivity index (χ2n) is 10.4. The van der Waals surface area contributed by atoms with E-state index in [0.29, 0.717) is 31.7 Å². The summed E-state index contributed by atoms with van der Waals surface area (Å²) in [6.07, 6.45) is 2.31. The first-order valence-electron chi connectivity index (χ1n) is 13.5. The molecule has 0 bridgehead atoms. The van der Waals surface area contributed by atoms with Crippen LogP contribution >= 0.6 is 0 Å². The summed E-state index contributed by atoms with van der Waals surface area (Å²) in [5.41, 5.74) is 5.64. The van der Waals surface area contributed by atoms with Gasteiger partial charge < -0.3 is 10.2 Å². The molecule has 3 aromatic carbocycles. The minimum absolute atomic E-state index is 0.00493. The molecule has 4 heteroatoms. The van der Waals surface area contributed by atoms with E-state index in [1.165, 1.54) is 5.56 Å². The van der Waals surface area contributed by atoms with Crippen molar-refractivity contribution in [2.75, 3.05) is 0 Å². The van der Waals surface area contributed by atoms with Gasteiger partial charge in [-0.15, -0.1) is 0 Å². The van der Waals surface area contributed by atoms with Gasteiger partial charge in [0.25, 0.3) is 0 Å². The van der Waals surface area contributed by atoms with Gasteiger partial charge in [-0.1, -0.05) is 105 Å².